The molecular weight excluding hydrogens is 269 g/mol. The van der Waals surface area contributed by atoms with E-state index < -0.39 is 0 Å². The number of fused-ring (bicyclic) bond motifs is 1. The highest BCUT2D eigenvalue weighted by Crippen LogP contribution is 2.31. The molecule has 106 valence electrons. The van der Waals surface area contributed by atoms with E-state index in [1.54, 1.807) is 17.0 Å². The van der Waals surface area contributed by atoms with E-state index in [4.69, 9.17) is 0 Å². The molecule has 0 amide bonds. The lowest BCUT2D eigenvalue weighted by molar-refractivity contribution is 0.490. The molecule has 0 saturated heterocycles. The van der Waals surface area contributed by atoms with Gasteiger partial charge in [-0.1, -0.05) is 25.1 Å². The minimum Gasteiger partial charge on any atom is -0.305 e. The van der Waals surface area contributed by atoms with E-state index >= 15 is 0 Å². The molecule has 1 heterocycles. The van der Waals surface area contributed by atoms with E-state index in [1.807, 2.05) is 23.5 Å². The lowest BCUT2D eigenvalue weighted by Crippen LogP contribution is -2.20. The summed E-state index contributed by atoms with van der Waals surface area (Å²) in [4.78, 5) is 2.94. The molecule has 0 aliphatic heterocycles. The summed E-state index contributed by atoms with van der Waals surface area (Å²) in [6.45, 7) is 2.93. The van der Waals surface area contributed by atoms with Crippen molar-refractivity contribution in [1.29, 1.82) is 0 Å². The van der Waals surface area contributed by atoms with Gasteiger partial charge in [-0.15, -0.1) is 11.3 Å². The first-order chi connectivity index (χ1) is 9.78. The van der Waals surface area contributed by atoms with E-state index in [0.717, 1.165) is 18.5 Å². The van der Waals surface area contributed by atoms with Gasteiger partial charge in [0.2, 0.25) is 0 Å². The number of aryl methyl sites for hydroxylation is 2. The SMILES string of the molecule is CCC(NCc1cc2c(s1)CCC2)c1ccccc1F. The van der Waals surface area contributed by atoms with Crippen molar-refractivity contribution in [1.82, 2.24) is 5.32 Å². The third-order valence-electron chi connectivity index (χ3n) is 4.01. The zero-order chi connectivity index (χ0) is 13.9. The molecule has 2 aromatic rings. The zero-order valence-corrected chi connectivity index (χ0v) is 12.6. The summed E-state index contributed by atoms with van der Waals surface area (Å²) in [7, 11) is 0. The fourth-order valence-electron chi connectivity index (χ4n) is 2.93. The van der Waals surface area contributed by atoms with Crippen LogP contribution in [0.2, 0.25) is 0 Å². The molecule has 1 aliphatic rings. The number of benzene rings is 1. The van der Waals surface area contributed by atoms with Crippen molar-refractivity contribution >= 4 is 11.3 Å². The maximum atomic E-state index is 13.8. The molecule has 0 radical (unpaired) electrons. The highest BCUT2D eigenvalue weighted by atomic mass is 32.1. The number of hydrogen-bond donors (Lipinski definition) is 1. The summed E-state index contributed by atoms with van der Waals surface area (Å²) in [5, 5.41) is 3.50. The molecular formula is C17H20FNS. The molecule has 1 N–H and O–H groups in total. The molecule has 1 aromatic carbocycles. The fourth-order valence-corrected chi connectivity index (χ4v) is 4.15. The standard InChI is InChI=1S/C17H20FNS/c1-2-16(14-7-3-4-8-15(14)18)19-11-13-10-12-6-5-9-17(12)20-13/h3-4,7-8,10,16,19H,2,5-6,9,11H2,1H3. The van der Waals surface area contributed by atoms with E-state index in [2.05, 4.69) is 18.3 Å². The van der Waals surface area contributed by atoms with Crippen molar-refractivity contribution in [2.75, 3.05) is 0 Å². The smallest absolute Gasteiger partial charge is 0.127 e. The Morgan fingerprint density at radius 3 is 2.90 bits per heavy atom. The van der Waals surface area contributed by atoms with Gasteiger partial charge in [-0.05, 0) is 43.4 Å². The maximum Gasteiger partial charge on any atom is 0.127 e. The van der Waals surface area contributed by atoms with Gasteiger partial charge in [0, 0.05) is 27.9 Å². The predicted octanol–water partition coefficient (Wildman–Crippen LogP) is 4.62. The highest BCUT2D eigenvalue weighted by molar-refractivity contribution is 7.12. The third-order valence-corrected chi connectivity index (χ3v) is 5.25. The van der Waals surface area contributed by atoms with Crippen molar-refractivity contribution in [3.05, 3.63) is 57.0 Å². The lowest BCUT2D eigenvalue weighted by atomic mass is 10.0. The molecule has 0 saturated carbocycles. The van der Waals surface area contributed by atoms with Crippen molar-refractivity contribution in [2.24, 2.45) is 0 Å². The van der Waals surface area contributed by atoms with Crippen LogP contribution < -0.4 is 5.32 Å². The van der Waals surface area contributed by atoms with Crippen LogP contribution in [0.5, 0.6) is 0 Å². The van der Waals surface area contributed by atoms with Gasteiger partial charge in [-0.25, -0.2) is 4.39 Å². The topological polar surface area (TPSA) is 12.0 Å². The van der Waals surface area contributed by atoms with Crippen molar-refractivity contribution in [2.45, 2.75) is 45.2 Å². The molecule has 0 bridgehead atoms. The average molecular weight is 289 g/mol. The van der Waals surface area contributed by atoms with Crippen LogP contribution >= 0.6 is 11.3 Å². The summed E-state index contributed by atoms with van der Waals surface area (Å²) in [6, 6.07) is 9.49. The largest absolute Gasteiger partial charge is 0.305 e. The van der Waals surface area contributed by atoms with Gasteiger partial charge in [0.1, 0.15) is 5.82 Å². The van der Waals surface area contributed by atoms with Crippen molar-refractivity contribution < 1.29 is 4.39 Å². The number of nitrogens with one attached hydrogen (secondary N) is 1. The van der Waals surface area contributed by atoms with Crippen LogP contribution in [0.3, 0.4) is 0 Å². The van der Waals surface area contributed by atoms with E-state index in [1.165, 1.54) is 29.7 Å². The Kier molecular flexibility index (Phi) is 4.18. The number of thiophene rings is 1. The summed E-state index contributed by atoms with van der Waals surface area (Å²) < 4.78 is 13.8. The minimum atomic E-state index is -0.111. The van der Waals surface area contributed by atoms with Crippen LogP contribution in [0.4, 0.5) is 4.39 Å². The first kappa shape index (κ1) is 13.8. The molecule has 0 spiro atoms. The lowest BCUT2D eigenvalue weighted by Gasteiger charge is -2.17. The van der Waals surface area contributed by atoms with E-state index in [-0.39, 0.29) is 11.9 Å². The average Bonchev–Trinajstić information content (AvgIpc) is 3.02. The molecule has 1 unspecified atom stereocenters. The van der Waals surface area contributed by atoms with Crippen molar-refractivity contribution in [3.8, 4) is 0 Å². The minimum absolute atomic E-state index is 0.0909. The molecule has 1 atom stereocenters. The number of halogens is 1. The molecule has 20 heavy (non-hydrogen) atoms. The maximum absolute atomic E-state index is 13.8. The highest BCUT2D eigenvalue weighted by Gasteiger charge is 2.16. The molecule has 1 nitrogen and oxygen atoms in total. The Balaban J connectivity index is 1.68. The first-order valence-corrected chi connectivity index (χ1v) is 8.18. The second-order valence-corrected chi connectivity index (χ2v) is 6.60. The molecule has 1 aromatic heterocycles. The Hall–Kier alpha value is -1.19. The third kappa shape index (κ3) is 2.79. The van der Waals surface area contributed by atoms with Gasteiger partial charge < -0.3 is 5.32 Å². The number of hydrogen-bond acceptors (Lipinski definition) is 2. The molecule has 0 fully saturated rings. The summed E-state index contributed by atoms with van der Waals surface area (Å²) >= 11 is 1.92. The number of rotatable bonds is 5. The van der Waals surface area contributed by atoms with E-state index in [0.29, 0.717) is 0 Å². The second-order valence-electron chi connectivity index (χ2n) is 5.38. The monoisotopic (exact) mass is 289 g/mol. The van der Waals surface area contributed by atoms with Gasteiger partial charge in [0.05, 0.1) is 0 Å². The van der Waals surface area contributed by atoms with E-state index in [9.17, 15) is 4.39 Å². The summed E-state index contributed by atoms with van der Waals surface area (Å²) in [6.07, 6.45) is 4.68. The first-order valence-electron chi connectivity index (χ1n) is 7.36. The van der Waals surface area contributed by atoms with Gasteiger partial charge in [-0.2, -0.15) is 0 Å². The normalized spacial score (nSPS) is 15.3. The van der Waals surface area contributed by atoms with Crippen LogP contribution in [-0.2, 0) is 19.4 Å². The second kappa shape index (κ2) is 6.06. The Labute approximate surface area is 123 Å². The molecule has 3 rings (SSSR count). The van der Waals surface area contributed by atoms with Gasteiger partial charge in [-0.3, -0.25) is 0 Å². The Bertz CT molecular complexity index is 569. The molecule has 1 aliphatic carbocycles. The van der Waals surface area contributed by atoms with Gasteiger partial charge in [0.25, 0.3) is 0 Å². The van der Waals surface area contributed by atoms with Gasteiger partial charge >= 0.3 is 0 Å². The predicted molar refractivity (Wildman–Crippen MR) is 82.6 cm³/mol. The quantitative estimate of drug-likeness (QED) is 0.847. The zero-order valence-electron chi connectivity index (χ0n) is 11.8. The summed E-state index contributed by atoms with van der Waals surface area (Å²) in [5.74, 6) is -0.111. The molecule has 3 heteroatoms. The Morgan fingerprint density at radius 2 is 2.15 bits per heavy atom. The fraction of sp³-hybridized carbons (Fsp3) is 0.412. The van der Waals surface area contributed by atoms with Crippen LogP contribution in [0, 0.1) is 5.82 Å². The van der Waals surface area contributed by atoms with Crippen LogP contribution in [-0.4, -0.2) is 0 Å². The van der Waals surface area contributed by atoms with Crippen molar-refractivity contribution in [3.63, 3.8) is 0 Å². The summed E-state index contributed by atoms with van der Waals surface area (Å²) in [5.41, 5.74) is 2.31. The Morgan fingerprint density at radius 1 is 1.30 bits per heavy atom. The van der Waals surface area contributed by atoms with Crippen LogP contribution in [0.1, 0.15) is 46.7 Å². The van der Waals surface area contributed by atoms with Crippen LogP contribution in [0.25, 0.3) is 0 Å². The van der Waals surface area contributed by atoms with Crippen LogP contribution in [0.15, 0.2) is 30.3 Å². The van der Waals surface area contributed by atoms with Gasteiger partial charge in [0.15, 0.2) is 0 Å².